The molecule has 0 spiro atoms. The molecule has 1 aromatic rings. The van der Waals surface area contributed by atoms with Crippen molar-refractivity contribution >= 4 is 29.0 Å². The fourth-order valence-corrected chi connectivity index (χ4v) is 2.71. The van der Waals surface area contributed by atoms with Crippen molar-refractivity contribution in [2.45, 2.75) is 18.9 Å². The van der Waals surface area contributed by atoms with E-state index in [4.69, 9.17) is 0 Å². The zero-order valence-electron chi connectivity index (χ0n) is 9.53. The highest BCUT2D eigenvalue weighted by atomic mass is 32.2. The monoisotopic (exact) mass is 259 g/mol. The van der Waals surface area contributed by atoms with Crippen LogP contribution in [0.2, 0.25) is 0 Å². The second-order valence-electron chi connectivity index (χ2n) is 3.96. The Morgan fingerprint density at radius 1 is 1.69 bits per heavy atom. The molecule has 90 valence electrons. The maximum absolute atomic E-state index is 11.5. The molecule has 1 unspecified atom stereocenters. The van der Waals surface area contributed by atoms with Crippen LogP contribution in [-0.2, 0) is 11.2 Å². The summed E-state index contributed by atoms with van der Waals surface area (Å²) in [7, 11) is 0. The van der Waals surface area contributed by atoms with Gasteiger partial charge in [0.15, 0.2) is 0 Å². The molecular weight excluding hydrogens is 242 g/mol. The number of aliphatic hydroxyl groups is 1. The van der Waals surface area contributed by atoms with E-state index in [1.807, 2.05) is 23.8 Å². The van der Waals surface area contributed by atoms with Gasteiger partial charge in [-0.25, -0.2) is 0 Å². The Labute approximate surface area is 104 Å². The molecule has 5 heteroatoms. The fraction of sp³-hybridized carbons (Fsp3) is 0.545. The highest BCUT2D eigenvalue weighted by Gasteiger charge is 2.20. The van der Waals surface area contributed by atoms with Gasteiger partial charge >= 0.3 is 0 Å². The molecule has 0 aliphatic heterocycles. The van der Waals surface area contributed by atoms with E-state index in [0.717, 1.165) is 4.88 Å². The second-order valence-corrected chi connectivity index (χ2v) is 5.86. The smallest absolute Gasteiger partial charge is 0.225 e. The van der Waals surface area contributed by atoms with E-state index in [0.29, 0.717) is 18.7 Å². The Bertz CT molecular complexity index is 323. The molecule has 0 aliphatic carbocycles. The number of nitrogens with one attached hydrogen (secondary N) is 1. The van der Waals surface area contributed by atoms with Gasteiger partial charge in [-0.15, -0.1) is 11.3 Å². The predicted octanol–water partition coefficient (Wildman–Crippen LogP) is 1.52. The third-order valence-corrected chi connectivity index (χ3v) is 3.82. The van der Waals surface area contributed by atoms with E-state index >= 15 is 0 Å². The summed E-state index contributed by atoms with van der Waals surface area (Å²) in [5, 5.41) is 14.6. The van der Waals surface area contributed by atoms with Gasteiger partial charge in [0.05, 0.1) is 12.0 Å². The summed E-state index contributed by atoms with van der Waals surface area (Å²) in [5.41, 5.74) is -0.829. The molecule has 16 heavy (non-hydrogen) atoms. The van der Waals surface area contributed by atoms with E-state index < -0.39 is 5.60 Å². The van der Waals surface area contributed by atoms with E-state index in [2.05, 4.69) is 5.32 Å². The van der Waals surface area contributed by atoms with Gasteiger partial charge in [-0.2, -0.15) is 11.8 Å². The van der Waals surface area contributed by atoms with Crippen LogP contribution < -0.4 is 5.32 Å². The van der Waals surface area contributed by atoms with Crippen molar-refractivity contribution < 1.29 is 9.90 Å². The van der Waals surface area contributed by atoms with Gasteiger partial charge in [0, 0.05) is 17.2 Å². The molecule has 0 saturated carbocycles. The predicted molar refractivity (Wildman–Crippen MR) is 70.0 cm³/mol. The third kappa shape index (κ3) is 5.01. The zero-order chi connectivity index (χ0) is 12.0. The molecule has 0 saturated heterocycles. The van der Waals surface area contributed by atoms with Crippen LogP contribution in [0.3, 0.4) is 0 Å². The van der Waals surface area contributed by atoms with Crippen molar-refractivity contribution in [2.24, 2.45) is 0 Å². The average Bonchev–Trinajstić information content (AvgIpc) is 2.68. The Morgan fingerprint density at radius 2 is 2.44 bits per heavy atom. The quantitative estimate of drug-likeness (QED) is 0.814. The number of hydrogen-bond acceptors (Lipinski definition) is 4. The van der Waals surface area contributed by atoms with Crippen LogP contribution in [0.15, 0.2) is 17.5 Å². The summed E-state index contributed by atoms with van der Waals surface area (Å²) in [6.07, 6.45) is 2.33. The fourth-order valence-electron chi connectivity index (χ4n) is 1.28. The first-order valence-electron chi connectivity index (χ1n) is 5.04. The van der Waals surface area contributed by atoms with Crippen molar-refractivity contribution in [3.63, 3.8) is 0 Å². The molecule has 1 aromatic heterocycles. The number of thioether (sulfide) groups is 1. The molecule has 0 bridgehead atoms. The number of carbonyl (C=O) groups is 1. The van der Waals surface area contributed by atoms with Gasteiger partial charge in [0.1, 0.15) is 0 Å². The number of rotatable bonds is 6. The maximum atomic E-state index is 11.5. The van der Waals surface area contributed by atoms with Crippen LogP contribution in [0.5, 0.6) is 0 Å². The molecular formula is C11H17NO2S2. The molecule has 1 heterocycles. The van der Waals surface area contributed by atoms with Gasteiger partial charge in [-0.05, 0) is 24.6 Å². The minimum atomic E-state index is -0.829. The lowest BCUT2D eigenvalue weighted by Crippen LogP contribution is -2.42. The average molecular weight is 259 g/mol. The van der Waals surface area contributed by atoms with Crippen LogP contribution in [0.1, 0.15) is 11.8 Å². The van der Waals surface area contributed by atoms with Crippen LogP contribution in [0.4, 0.5) is 0 Å². The first-order valence-corrected chi connectivity index (χ1v) is 7.31. The second kappa shape index (κ2) is 6.27. The lowest BCUT2D eigenvalue weighted by molar-refractivity contribution is -0.121. The largest absolute Gasteiger partial charge is 0.387 e. The Hall–Kier alpha value is -0.520. The minimum Gasteiger partial charge on any atom is -0.387 e. The van der Waals surface area contributed by atoms with Gasteiger partial charge in [0.25, 0.3) is 0 Å². The normalized spacial score (nSPS) is 14.4. The first kappa shape index (κ1) is 13.5. The molecule has 2 N–H and O–H groups in total. The zero-order valence-corrected chi connectivity index (χ0v) is 11.2. The van der Waals surface area contributed by atoms with E-state index in [1.165, 1.54) is 0 Å². The van der Waals surface area contributed by atoms with Gasteiger partial charge < -0.3 is 10.4 Å². The number of thiophene rings is 1. The molecule has 0 aliphatic rings. The number of hydrogen-bond donors (Lipinski definition) is 2. The van der Waals surface area contributed by atoms with Crippen LogP contribution in [0.25, 0.3) is 0 Å². The SMILES string of the molecule is CSCC(C)(O)CNC(=O)Cc1cccs1. The van der Waals surface area contributed by atoms with Crippen LogP contribution >= 0.6 is 23.1 Å². The summed E-state index contributed by atoms with van der Waals surface area (Å²) in [6.45, 7) is 2.03. The van der Waals surface area contributed by atoms with Crippen LogP contribution in [0, 0.1) is 0 Å². The highest BCUT2D eigenvalue weighted by molar-refractivity contribution is 7.98. The Balaban J connectivity index is 2.30. The van der Waals surface area contributed by atoms with Gasteiger partial charge in [0.2, 0.25) is 5.91 Å². The summed E-state index contributed by atoms with van der Waals surface area (Å²) in [6, 6.07) is 3.86. The molecule has 0 fully saturated rings. The summed E-state index contributed by atoms with van der Waals surface area (Å²) in [4.78, 5) is 12.6. The first-order chi connectivity index (χ1) is 7.53. The maximum Gasteiger partial charge on any atom is 0.225 e. The number of amides is 1. The van der Waals surface area contributed by atoms with E-state index in [9.17, 15) is 9.90 Å². The third-order valence-electron chi connectivity index (χ3n) is 2.04. The van der Waals surface area contributed by atoms with Gasteiger partial charge in [-0.3, -0.25) is 4.79 Å². The van der Waals surface area contributed by atoms with Crippen molar-refractivity contribution in [2.75, 3.05) is 18.6 Å². The lowest BCUT2D eigenvalue weighted by Gasteiger charge is -2.22. The number of carbonyl (C=O) groups excluding carboxylic acids is 1. The molecule has 0 radical (unpaired) electrons. The summed E-state index contributed by atoms with van der Waals surface area (Å²) >= 11 is 3.13. The van der Waals surface area contributed by atoms with Crippen molar-refractivity contribution in [3.8, 4) is 0 Å². The van der Waals surface area contributed by atoms with Gasteiger partial charge in [-0.1, -0.05) is 6.07 Å². The van der Waals surface area contributed by atoms with Crippen molar-refractivity contribution in [1.82, 2.24) is 5.32 Å². The summed E-state index contributed by atoms with van der Waals surface area (Å²) < 4.78 is 0. The van der Waals surface area contributed by atoms with E-state index in [1.54, 1.807) is 30.0 Å². The van der Waals surface area contributed by atoms with Crippen LogP contribution in [-0.4, -0.2) is 35.2 Å². The molecule has 0 aromatic carbocycles. The molecule has 1 amide bonds. The summed E-state index contributed by atoms with van der Waals surface area (Å²) in [5.74, 6) is 0.579. The molecule has 3 nitrogen and oxygen atoms in total. The van der Waals surface area contributed by atoms with Crippen molar-refractivity contribution in [3.05, 3.63) is 22.4 Å². The topological polar surface area (TPSA) is 49.3 Å². The minimum absolute atomic E-state index is 0.0381. The standard InChI is InChI=1S/C11H17NO2S2/c1-11(14,8-15-2)7-12-10(13)6-9-4-3-5-16-9/h3-5,14H,6-8H2,1-2H3,(H,12,13). The Morgan fingerprint density at radius 3 is 3.00 bits per heavy atom. The highest BCUT2D eigenvalue weighted by Crippen LogP contribution is 2.11. The molecule has 1 atom stereocenters. The lowest BCUT2D eigenvalue weighted by atomic mass is 10.1. The molecule has 1 rings (SSSR count). The Kier molecular flexibility index (Phi) is 5.31. The van der Waals surface area contributed by atoms with Crippen molar-refractivity contribution in [1.29, 1.82) is 0 Å². The van der Waals surface area contributed by atoms with E-state index in [-0.39, 0.29) is 5.91 Å².